The van der Waals surface area contributed by atoms with Gasteiger partial charge in [0, 0.05) is 22.3 Å². The predicted molar refractivity (Wildman–Crippen MR) is 123 cm³/mol. The lowest BCUT2D eigenvalue weighted by Gasteiger charge is -2.08. The summed E-state index contributed by atoms with van der Waals surface area (Å²) in [5.74, 6) is 1.76. The van der Waals surface area contributed by atoms with Crippen LogP contribution in [0.1, 0.15) is 29.5 Å². The van der Waals surface area contributed by atoms with E-state index in [4.69, 9.17) is 4.74 Å². The normalized spacial score (nSPS) is 10.8. The van der Waals surface area contributed by atoms with Gasteiger partial charge in [-0.1, -0.05) is 17.7 Å². The third-order valence-electron chi connectivity index (χ3n) is 4.56. The summed E-state index contributed by atoms with van der Waals surface area (Å²) >= 11 is 3.22. The molecule has 0 unspecified atom stereocenters. The average Bonchev–Trinajstić information content (AvgIpc) is 3.12. The van der Waals surface area contributed by atoms with Crippen molar-refractivity contribution >= 4 is 34.1 Å². The number of carbonyl (C=O) groups excluding carboxylic acids is 1. The fourth-order valence-electron chi connectivity index (χ4n) is 3.31. The lowest BCUT2D eigenvalue weighted by atomic mass is 9.98. The topological polar surface area (TPSA) is 51.2 Å². The SMILES string of the molecule is COc1ccc(SCCCC(=O)Nc2nc(-c3c(C)cc(C)cc3C)cs2)cc1. The molecule has 1 aromatic heterocycles. The fourth-order valence-corrected chi connectivity index (χ4v) is 4.88. The Labute approximate surface area is 180 Å². The molecule has 6 heteroatoms. The second-order valence-corrected chi connectivity index (χ2v) is 9.01. The number of anilines is 1. The summed E-state index contributed by atoms with van der Waals surface area (Å²) in [6.45, 7) is 6.31. The van der Waals surface area contributed by atoms with Crippen molar-refractivity contribution in [1.29, 1.82) is 0 Å². The van der Waals surface area contributed by atoms with E-state index in [-0.39, 0.29) is 5.91 Å². The van der Waals surface area contributed by atoms with Crippen LogP contribution in [0.4, 0.5) is 5.13 Å². The van der Waals surface area contributed by atoms with Gasteiger partial charge in [0.15, 0.2) is 5.13 Å². The number of methoxy groups -OCH3 is 1. The quantitative estimate of drug-likeness (QED) is 0.341. The maximum Gasteiger partial charge on any atom is 0.226 e. The maximum atomic E-state index is 12.3. The van der Waals surface area contributed by atoms with Crippen LogP contribution in [0, 0.1) is 20.8 Å². The Morgan fingerprint density at radius 1 is 1.14 bits per heavy atom. The van der Waals surface area contributed by atoms with Gasteiger partial charge in [-0.25, -0.2) is 4.98 Å². The minimum absolute atomic E-state index is 0.0126. The van der Waals surface area contributed by atoms with Gasteiger partial charge in [-0.15, -0.1) is 23.1 Å². The number of carbonyl (C=O) groups is 1. The molecule has 0 saturated carbocycles. The van der Waals surface area contributed by atoms with Crippen molar-refractivity contribution in [3.8, 4) is 17.0 Å². The third-order valence-corrected chi connectivity index (χ3v) is 6.42. The van der Waals surface area contributed by atoms with E-state index in [2.05, 4.69) is 43.2 Å². The van der Waals surface area contributed by atoms with Crippen LogP contribution in [0.15, 0.2) is 46.7 Å². The average molecular weight is 427 g/mol. The monoisotopic (exact) mass is 426 g/mol. The Kier molecular flexibility index (Phi) is 7.34. The highest BCUT2D eigenvalue weighted by Crippen LogP contribution is 2.31. The van der Waals surface area contributed by atoms with Crippen molar-refractivity contribution < 1.29 is 9.53 Å². The van der Waals surface area contributed by atoms with Crippen LogP contribution in [0.25, 0.3) is 11.3 Å². The Balaban J connectivity index is 1.49. The van der Waals surface area contributed by atoms with E-state index in [1.165, 1.54) is 32.9 Å². The summed E-state index contributed by atoms with van der Waals surface area (Å²) in [6, 6.07) is 12.3. The molecule has 1 heterocycles. The summed E-state index contributed by atoms with van der Waals surface area (Å²) in [7, 11) is 1.66. The Hall–Kier alpha value is -2.31. The number of amides is 1. The summed E-state index contributed by atoms with van der Waals surface area (Å²) in [4.78, 5) is 18.1. The van der Waals surface area contributed by atoms with Gasteiger partial charge in [0.1, 0.15) is 5.75 Å². The van der Waals surface area contributed by atoms with Gasteiger partial charge in [0.2, 0.25) is 5.91 Å². The molecule has 1 amide bonds. The molecule has 3 aromatic rings. The molecule has 2 aromatic carbocycles. The number of nitrogens with one attached hydrogen (secondary N) is 1. The van der Waals surface area contributed by atoms with Crippen molar-refractivity contribution in [3.63, 3.8) is 0 Å². The number of nitrogens with zero attached hydrogens (tertiary/aromatic N) is 1. The lowest BCUT2D eigenvalue weighted by molar-refractivity contribution is -0.116. The van der Waals surface area contributed by atoms with Crippen LogP contribution in [0.2, 0.25) is 0 Å². The van der Waals surface area contributed by atoms with Gasteiger partial charge in [-0.05, 0) is 68.3 Å². The summed E-state index contributed by atoms with van der Waals surface area (Å²) in [5, 5.41) is 5.61. The Bertz CT molecular complexity index is 958. The molecule has 1 N–H and O–H groups in total. The molecule has 0 atom stereocenters. The smallest absolute Gasteiger partial charge is 0.226 e. The van der Waals surface area contributed by atoms with Crippen LogP contribution in [0.3, 0.4) is 0 Å². The molecule has 0 saturated heterocycles. The molecule has 4 nitrogen and oxygen atoms in total. The minimum Gasteiger partial charge on any atom is -0.497 e. The molecule has 0 spiro atoms. The van der Waals surface area contributed by atoms with Gasteiger partial charge < -0.3 is 10.1 Å². The minimum atomic E-state index is 0.0126. The molecule has 3 rings (SSSR count). The van der Waals surface area contributed by atoms with Crippen molar-refractivity contribution in [1.82, 2.24) is 4.98 Å². The second kappa shape index (κ2) is 9.94. The largest absolute Gasteiger partial charge is 0.497 e. The van der Waals surface area contributed by atoms with Gasteiger partial charge in [0.25, 0.3) is 0 Å². The van der Waals surface area contributed by atoms with Crippen molar-refractivity contribution in [2.24, 2.45) is 0 Å². The highest BCUT2D eigenvalue weighted by Gasteiger charge is 2.12. The molecular formula is C23H26N2O2S2. The number of thiazole rings is 1. The van der Waals surface area contributed by atoms with Gasteiger partial charge in [-0.3, -0.25) is 4.79 Å². The van der Waals surface area contributed by atoms with E-state index in [0.717, 1.165) is 29.2 Å². The Morgan fingerprint density at radius 3 is 2.48 bits per heavy atom. The summed E-state index contributed by atoms with van der Waals surface area (Å²) in [5.41, 5.74) is 5.75. The van der Waals surface area contributed by atoms with E-state index in [1.54, 1.807) is 18.9 Å². The number of hydrogen-bond acceptors (Lipinski definition) is 5. The molecule has 0 aliphatic heterocycles. The van der Waals surface area contributed by atoms with Crippen molar-refractivity contribution in [3.05, 3.63) is 58.5 Å². The number of aromatic nitrogens is 1. The maximum absolute atomic E-state index is 12.3. The molecule has 0 bridgehead atoms. The van der Waals surface area contributed by atoms with Crippen molar-refractivity contribution in [2.45, 2.75) is 38.5 Å². The van der Waals surface area contributed by atoms with Crippen LogP contribution in [-0.2, 0) is 4.79 Å². The highest BCUT2D eigenvalue weighted by atomic mass is 32.2. The first kappa shape index (κ1) is 21.4. The summed E-state index contributed by atoms with van der Waals surface area (Å²) in [6.07, 6.45) is 1.30. The second-order valence-electron chi connectivity index (χ2n) is 6.99. The highest BCUT2D eigenvalue weighted by molar-refractivity contribution is 7.99. The number of benzene rings is 2. The molecular weight excluding hydrogens is 400 g/mol. The van der Waals surface area contributed by atoms with E-state index in [9.17, 15) is 4.79 Å². The zero-order valence-electron chi connectivity index (χ0n) is 17.2. The molecule has 0 fully saturated rings. The third kappa shape index (κ3) is 5.84. The molecule has 0 radical (unpaired) electrons. The first-order chi connectivity index (χ1) is 14.0. The predicted octanol–water partition coefficient (Wildman–Crippen LogP) is 6.25. The number of thioether (sulfide) groups is 1. The van der Waals surface area contributed by atoms with Crippen molar-refractivity contribution in [2.75, 3.05) is 18.2 Å². The summed E-state index contributed by atoms with van der Waals surface area (Å²) < 4.78 is 5.16. The van der Waals surface area contributed by atoms with Crippen LogP contribution in [0.5, 0.6) is 5.75 Å². The number of rotatable bonds is 8. The molecule has 29 heavy (non-hydrogen) atoms. The number of aryl methyl sites for hydroxylation is 3. The zero-order chi connectivity index (χ0) is 20.8. The van der Waals surface area contributed by atoms with Crippen LogP contribution >= 0.6 is 23.1 Å². The van der Waals surface area contributed by atoms with E-state index in [1.807, 2.05) is 29.6 Å². The lowest BCUT2D eigenvalue weighted by Crippen LogP contribution is -2.11. The van der Waals surface area contributed by atoms with Gasteiger partial charge in [0.05, 0.1) is 12.8 Å². The van der Waals surface area contributed by atoms with Crippen LogP contribution < -0.4 is 10.1 Å². The number of ether oxygens (including phenoxy) is 1. The van der Waals surface area contributed by atoms with E-state index >= 15 is 0 Å². The fraction of sp³-hybridized carbons (Fsp3) is 0.304. The molecule has 0 aliphatic rings. The first-order valence-electron chi connectivity index (χ1n) is 9.56. The molecule has 152 valence electrons. The first-order valence-corrected chi connectivity index (χ1v) is 11.4. The molecule has 0 aliphatic carbocycles. The van der Waals surface area contributed by atoms with Gasteiger partial charge in [-0.2, -0.15) is 0 Å². The standard InChI is InChI=1S/C23H26N2O2S2/c1-15-12-16(2)22(17(3)13-15)20-14-29-23(24-20)25-21(26)6-5-11-28-19-9-7-18(27-4)8-10-19/h7-10,12-14H,5-6,11H2,1-4H3,(H,24,25,26). The number of hydrogen-bond donors (Lipinski definition) is 1. The van der Waals surface area contributed by atoms with E-state index < -0.39 is 0 Å². The van der Waals surface area contributed by atoms with E-state index in [0.29, 0.717) is 11.6 Å². The van der Waals surface area contributed by atoms with Gasteiger partial charge >= 0.3 is 0 Å². The van der Waals surface area contributed by atoms with Crippen LogP contribution in [-0.4, -0.2) is 23.8 Å². The Morgan fingerprint density at radius 2 is 1.83 bits per heavy atom. The zero-order valence-corrected chi connectivity index (χ0v) is 18.9.